The van der Waals surface area contributed by atoms with Crippen LogP contribution in [0.5, 0.6) is 0 Å². The molecule has 0 saturated carbocycles. The Labute approximate surface area is 113 Å². The minimum Gasteiger partial charge on any atom is -0.311 e. The molecule has 19 heavy (non-hydrogen) atoms. The Morgan fingerprint density at radius 3 is 2.58 bits per heavy atom. The van der Waals surface area contributed by atoms with E-state index in [-0.39, 0.29) is 0 Å². The van der Waals surface area contributed by atoms with Gasteiger partial charge in [-0.1, -0.05) is 6.42 Å². The van der Waals surface area contributed by atoms with E-state index in [1.54, 1.807) is 13.0 Å². The van der Waals surface area contributed by atoms with Crippen LogP contribution in [0.2, 0.25) is 0 Å². The zero-order chi connectivity index (χ0) is 13.7. The predicted molar refractivity (Wildman–Crippen MR) is 73.1 cm³/mol. The number of likely N-dealkylation sites (tertiary alicyclic amines) is 1. The molecule has 0 spiro atoms. The van der Waals surface area contributed by atoms with E-state index in [2.05, 4.69) is 10.2 Å². The minimum atomic E-state index is -0.477. The van der Waals surface area contributed by atoms with Gasteiger partial charge in [0.2, 0.25) is 0 Å². The first-order chi connectivity index (χ1) is 9.16. The Morgan fingerprint density at radius 1 is 1.11 bits per heavy atom. The maximum absolute atomic E-state index is 13.5. The third-order valence-electron chi connectivity index (χ3n) is 3.70. The van der Waals surface area contributed by atoms with Crippen LogP contribution in [0.25, 0.3) is 0 Å². The normalized spacial score (nSPS) is 16.8. The molecule has 0 bridgehead atoms. The van der Waals surface area contributed by atoms with Gasteiger partial charge in [0, 0.05) is 31.3 Å². The number of benzene rings is 1. The number of halogens is 2. The van der Waals surface area contributed by atoms with Crippen LogP contribution in [0.3, 0.4) is 0 Å². The van der Waals surface area contributed by atoms with E-state index in [0.29, 0.717) is 17.7 Å². The molecule has 1 aliphatic rings. The monoisotopic (exact) mass is 268 g/mol. The van der Waals surface area contributed by atoms with E-state index < -0.39 is 11.6 Å². The fourth-order valence-electron chi connectivity index (χ4n) is 2.50. The van der Waals surface area contributed by atoms with E-state index >= 15 is 0 Å². The number of nitrogens with zero attached hydrogens (tertiary/aromatic N) is 1. The highest BCUT2D eigenvalue weighted by Crippen LogP contribution is 2.14. The van der Waals surface area contributed by atoms with Gasteiger partial charge in [0.05, 0.1) is 0 Å². The molecule has 106 valence electrons. The molecule has 4 heteroatoms. The van der Waals surface area contributed by atoms with Crippen molar-refractivity contribution in [2.24, 2.45) is 0 Å². The van der Waals surface area contributed by atoms with Gasteiger partial charge in [-0.15, -0.1) is 0 Å². The van der Waals surface area contributed by atoms with Crippen LogP contribution >= 0.6 is 0 Å². The molecule has 1 fully saturated rings. The second kappa shape index (κ2) is 6.96. The van der Waals surface area contributed by atoms with E-state index in [9.17, 15) is 8.78 Å². The summed E-state index contributed by atoms with van der Waals surface area (Å²) in [7, 11) is 0. The molecule has 0 amide bonds. The number of aryl methyl sites for hydroxylation is 1. The highest BCUT2D eigenvalue weighted by molar-refractivity contribution is 5.25. The Kier molecular flexibility index (Phi) is 5.28. The fourth-order valence-corrected chi connectivity index (χ4v) is 2.50. The van der Waals surface area contributed by atoms with Gasteiger partial charge in [-0.05, 0) is 44.5 Å². The van der Waals surface area contributed by atoms with E-state index in [1.807, 2.05) is 0 Å². The number of hydrogen-bond donors (Lipinski definition) is 1. The first-order valence-corrected chi connectivity index (χ1v) is 7.04. The van der Waals surface area contributed by atoms with Crippen molar-refractivity contribution in [2.75, 3.05) is 26.2 Å². The third kappa shape index (κ3) is 4.25. The van der Waals surface area contributed by atoms with Crippen LogP contribution in [0.1, 0.15) is 30.4 Å². The molecule has 1 N–H and O–H groups in total. The van der Waals surface area contributed by atoms with E-state index in [1.165, 1.54) is 32.4 Å². The average Bonchev–Trinajstić information content (AvgIpc) is 2.41. The van der Waals surface area contributed by atoms with Crippen molar-refractivity contribution in [1.82, 2.24) is 10.2 Å². The van der Waals surface area contributed by atoms with Crippen molar-refractivity contribution in [1.29, 1.82) is 0 Å². The summed E-state index contributed by atoms with van der Waals surface area (Å²) in [6, 6.07) is 2.55. The molecular formula is C15H22F2N2. The summed E-state index contributed by atoms with van der Waals surface area (Å²) in [6.45, 7) is 6.31. The SMILES string of the molecule is Cc1cc(CNCCN2CCCCC2)c(F)cc1F. The summed E-state index contributed by atoms with van der Waals surface area (Å²) < 4.78 is 26.6. The predicted octanol–water partition coefficient (Wildman–Crippen LogP) is 2.85. The van der Waals surface area contributed by atoms with Crippen molar-refractivity contribution in [2.45, 2.75) is 32.7 Å². The van der Waals surface area contributed by atoms with Gasteiger partial charge in [0.15, 0.2) is 0 Å². The highest BCUT2D eigenvalue weighted by Gasteiger charge is 2.10. The Bertz CT molecular complexity index is 415. The summed E-state index contributed by atoms with van der Waals surface area (Å²) in [5.41, 5.74) is 1.03. The van der Waals surface area contributed by atoms with Gasteiger partial charge in [-0.3, -0.25) is 0 Å². The number of nitrogens with one attached hydrogen (secondary N) is 1. The van der Waals surface area contributed by atoms with Crippen molar-refractivity contribution >= 4 is 0 Å². The number of rotatable bonds is 5. The molecule has 1 aliphatic heterocycles. The van der Waals surface area contributed by atoms with Gasteiger partial charge in [0.25, 0.3) is 0 Å². The first kappa shape index (κ1) is 14.4. The number of hydrogen-bond acceptors (Lipinski definition) is 2. The van der Waals surface area contributed by atoms with Crippen molar-refractivity contribution in [3.63, 3.8) is 0 Å². The zero-order valence-corrected chi connectivity index (χ0v) is 11.5. The average molecular weight is 268 g/mol. The lowest BCUT2D eigenvalue weighted by molar-refractivity contribution is 0.229. The molecular weight excluding hydrogens is 246 g/mol. The molecule has 1 heterocycles. The third-order valence-corrected chi connectivity index (χ3v) is 3.70. The first-order valence-electron chi connectivity index (χ1n) is 7.04. The molecule has 0 atom stereocenters. The maximum Gasteiger partial charge on any atom is 0.130 e. The van der Waals surface area contributed by atoms with E-state index in [0.717, 1.165) is 19.2 Å². The van der Waals surface area contributed by atoms with Crippen LogP contribution < -0.4 is 5.32 Å². The summed E-state index contributed by atoms with van der Waals surface area (Å²) in [5.74, 6) is -0.942. The summed E-state index contributed by atoms with van der Waals surface area (Å²) in [4.78, 5) is 2.43. The van der Waals surface area contributed by atoms with Crippen molar-refractivity contribution in [3.05, 3.63) is 34.9 Å². The lowest BCUT2D eigenvalue weighted by Crippen LogP contribution is -2.35. The second-order valence-corrected chi connectivity index (χ2v) is 5.27. The van der Waals surface area contributed by atoms with Gasteiger partial charge in [0.1, 0.15) is 11.6 Å². The molecule has 0 aromatic heterocycles. The molecule has 0 radical (unpaired) electrons. The summed E-state index contributed by atoms with van der Waals surface area (Å²) in [6.07, 6.45) is 3.90. The Balaban J connectivity index is 1.74. The molecule has 1 aromatic rings. The lowest BCUT2D eigenvalue weighted by Gasteiger charge is -2.26. The van der Waals surface area contributed by atoms with Crippen molar-refractivity contribution in [3.8, 4) is 0 Å². The molecule has 2 nitrogen and oxygen atoms in total. The van der Waals surface area contributed by atoms with E-state index in [4.69, 9.17) is 0 Å². The molecule has 0 aliphatic carbocycles. The van der Waals surface area contributed by atoms with Crippen LogP contribution in [0, 0.1) is 18.6 Å². The smallest absolute Gasteiger partial charge is 0.130 e. The largest absolute Gasteiger partial charge is 0.311 e. The quantitative estimate of drug-likeness (QED) is 0.826. The molecule has 2 rings (SSSR count). The van der Waals surface area contributed by atoms with Gasteiger partial charge < -0.3 is 10.2 Å². The Morgan fingerprint density at radius 2 is 1.84 bits per heavy atom. The van der Waals surface area contributed by atoms with Crippen LogP contribution in [0.4, 0.5) is 8.78 Å². The highest BCUT2D eigenvalue weighted by atomic mass is 19.1. The topological polar surface area (TPSA) is 15.3 Å². The lowest BCUT2D eigenvalue weighted by atomic mass is 10.1. The standard InChI is InChI=1S/C15H22F2N2/c1-12-9-13(15(17)10-14(12)16)11-18-5-8-19-6-3-2-4-7-19/h9-10,18H,2-8,11H2,1H3. The van der Waals surface area contributed by atoms with Crippen LogP contribution in [0.15, 0.2) is 12.1 Å². The summed E-state index contributed by atoms with van der Waals surface area (Å²) in [5, 5.41) is 3.23. The number of piperidine rings is 1. The Hall–Kier alpha value is -1.00. The molecule has 1 saturated heterocycles. The molecule has 0 unspecified atom stereocenters. The fraction of sp³-hybridized carbons (Fsp3) is 0.600. The van der Waals surface area contributed by atoms with Gasteiger partial charge >= 0.3 is 0 Å². The molecule has 1 aromatic carbocycles. The second-order valence-electron chi connectivity index (χ2n) is 5.27. The zero-order valence-electron chi connectivity index (χ0n) is 11.5. The minimum absolute atomic E-state index is 0.459. The summed E-state index contributed by atoms with van der Waals surface area (Å²) >= 11 is 0. The van der Waals surface area contributed by atoms with Gasteiger partial charge in [-0.25, -0.2) is 8.78 Å². The van der Waals surface area contributed by atoms with Crippen LogP contribution in [-0.4, -0.2) is 31.1 Å². The van der Waals surface area contributed by atoms with Gasteiger partial charge in [-0.2, -0.15) is 0 Å². The maximum atomic E-state index is 13.5. The van der Waals surface area contributed by atoms with Crippen LogP contribution in [-0.2, 0) is 6.54 Å². The van der Waals surface area contributed by atoms with Crippen molar-refractivity contribution < 1.29 is 8.78 Å².